The standard InChI is InChI=1S/C29H34ClN3O5/c1-16(2)21(15-34)33-24(26(36)32-20-13-9-8-12-19(20)30)29-14-17(3)28(4,38-29)22(23(29)27(33)37)25(35)31-18-10-6-5-7-11-18/h5-13,16-17,21-24,34H,14-15H2,1-4H3,(H,31,35)(H,32,36)/t17?,21-,22+,23-,24?,28-,29?/m0/s1. The number of benzene rings is 2. The van der Waals surface area contributed by atoms with E-state index in [0.717, 1.165) is 0 Å². The van der Waals surface area contributed by atoms with E-state index in [-0.39, 0.29) is 30.3 Å². The number of fused-ring (bicyclic) bond motifs is 1. The van der Waals surface area contributed by atoms with Crippen LogP contribution in [0.5, 0.6) is 0 Å². The summed E-state index contributed by atoms with van der Waals surface area (Å²) in [5.74, 6) is -3.04. The highest BCUT2D eigenvalue weighted by molar-refractivity contribution is 6.33. The number of carbonyl (C=O) groups excluding carboxylic acids is 3. The summed E-state index contributed by atoms with van der Waals surface area (Å²) in [6.45, 7) is 7.33. The highest BCUT2D eigenvalue weighted by Gasteiger charge is 2.80. The van der Waals surface area contributed by atoms with Gasteiger partial charge in [-0.05, 0) is 49.4 Å². The molecule has 7 atom stereocenters. The highest BCUT2D eigenvalue weighted by atomic mass is 35.5. The normalized spacial score (nSPS) is 32.4. The molecule has 2 aromatic carbocycles. The molecule has 3 saturated heterocycles. The molecule has 3 unspecified atom stereocenters. The smallest absolute Gasteiger partial charge is 0.250 e. The molecule has 9 heteroatoms. The fraction of sp³-hybridized carbons (Fsp3) is 0.483. The van der Waals surface area contributed by atoms with Crippen LogP contribution in [0.3, 0.4) is 0 Å². The van der Waals surface area contributed by atoms with Crippen LogP contribution in [0, 0.1) is 23.7 Å². The van der Waals surface area contributed by atoms with E-state index in [1.807, 2.05) is 45.9 Å². The molecule has 3 N–H and O–H groups in total. The summed E-state index contributed by atoms with van der Waals surface area (Å²) in [6.07, 6.45) is 0.433. The third-order valence-corrected chi connectivity index (χ3v) is 9.10. The van der Waals surface area contributed by atoms with Gasteiger partial charge in [-0.2, -0.15) is 0 Å². The Balaban J connectivity index is 1.59. The van der Waals surface area contributed by atoms with Gasteiger partial charge in [0.1, 0.15) is 11.6 Å². The average Bonchev–Trinajstić information content (AvgIpc) is 3.38. The van der Waals surface area contributed by atoms with Crippen LogP contribution in [0.4, 0.5) is 11.4 Å². The van der Waals surface area contributed by atoms with Crippen molar-refractivity contribution in [2.24, 2.45) is 23.7 Å². The second-order valence-corrected chi connectivity index (χ2v) is 11.7. The van der Waals surface area contributed by atoms with E-state index in [4.69, 9.17) is 16.3 Å². The van der Waals surface area contributed by atoms with E-state index in [2.05, 4.69) is 10.6 Å². The van der Waals surface area contributed by atoms with Crippen molar-refractivity contribution in [1.29, 1.82) is 0 Å². The predicted octanol–water partition coefficient (Wildman–Crippen LogP) is 3.94. The van der Waals surface area contributed by atoms with Crippen LogP contribution in [0.25, 0.3) is 0 Å². The molecule has 38 heavy (non-hydrogen) atoms. The summed E-state index contributed by atoms with van der Waals surface area (Å²) in [5.41, 5.74) is -1.13. The Kier molecular flexibility index (Phi) is 6.78. The van der Waals surface area contributed by atoms with Gasteiger partial charge in [0.25, 0.3) is 0 Å². The topological polar surface area (TPSA) is 108 Å². The van der Waals surface area contributed by atoms with Crippen LogP contribution in [0.1, 0.15) is 34.1 Å². The molecule has 3 fully saturated rings. The second-order valence-electron chi connectivity index (χ2n) is 11.3. The number of aliphatic hydroxyl groups excluding tert-OH is 1. The van der Waals surface area contributed by atoms with Gasteiger partial charge in [0.2, 0.25) is 17.7 Å². The van der Waals surface area contributed by atoms with Gasteiger partial charge in [-0.1, -0.05) is 62.7 Å². The molecule has 3 heterocycles. The van der Waals surface area contributed by atoms with Gasteiger partial charge in [0.05, 0.1) is 40.8 Å². The monoisotopic (exact) mass is 539 g/mol. The van der Waals surface area contributed by atoms with E-state index in [0.29, 0.717) is 22.8 Å². The lowest BCUT2D eigenvalue weighted by Crippen LogP contribution is -2.57. The number of nitrogens with one attached hydrogen (secondary N) is 2. The van der Waals surface area contributed by atoms with Gasteiger partial charge < -0.3 is 25.4 Å². The number of hydrogen-bond donors (Lipinski definition) is 3. The maximum absolute atomic E-state index is 14.3. The Morgan fingerprint density at radius 1 is 1.11 bits per heavy atom. The Labute approximate surface area is 227 Å². The lowest BCUT2D eigenvalue weighted by molar-refractivity contribution is -0.149. The fourth-order valence-corrected chi connectivity index (χ4v) is 7.04. The first kappa shape index (κ1) is 26.7. The number of hydrogen-bond acceptors (Lipinski definition) is 5. The molecule has 3 amide bonds. The van der Waals surface area contributed by atoms with Gasteiger partial charge in [-0.15, -0.1) is 0 Å². The van der Waals surface area contributed by atoms with Crippen LogP contribution in [0.2, 0.25) is 5.02 Å². The van der Waals surface area contributed by atoms with Crippen LogP contribution in [-0.4, -0.2) is 57.6 Å². The Bertz CT molecular complexity index is 1260. The molecule has 3 aliphatic heterocycles. The number of anilines is 2. The number of aliphatic hydroxyl groups is 1. The maximum atomic E-state index is 14.3. The summed E-state index contributed by atoms with van der Waals surface area (Å²) >= 11 is 6.34. The average molecular weight is 540 g/mol. The maximum Gasteiger partial charge on any atom is 0.250 e. The Morgan fingerprint density at radius 2 is 1.76 bits per heavy atom. The zero-order chi connectivity index (χ0) is 27.4. The minimum atomic E-state index is -1.22. The summed E-state index contributed by atoms with van der Waals surface area (Å²) in [5, 5.41) is 16.6. The zero-order valence-electron chi connectivity index (χ0n) is 22.0. The van der Waals surface area contributed by atoms with Crippen LogP contribution >= 0.6 is 11.6 Å². The first-order chi connectivity index (χ1) is 18.0. The zero-order valence-corrected chi connectivity index (χ0v) is 22.7. The number of para-hydroxylation sites is 2. The number of amides is 3. The SMILES string of the molecule is CC(C)[C@H](CO)N1C(=O)[C@@H]2[C@H](C(=O)Nc3ccccc3)[C@@]3(C)OC2(CC3C)C1C(=O)Nc1ccccc1Cl. The van der Waals surface area contributed by atoms with E-state index >= 15 is 0 Å². The molecule has 2 bridgehead atoms. The van der Waals surface area contributed by atoms with E-state index in [1.54, 1.807) is 36.4 Å². The van der Waals surface area contributed by atoms with Crippen LogP contribution in [0.15, 0.2) is 54.6 Å². The number of nitrogens with zero attached hydrogens (tertiary/aromatic N) is 1. The summed E-state index contributed by atoms with van der Waals surface area (Å²) in [7, 11) is 0. The minimum absolute atomic E-state index is 0.0970. The van der Waals surface area contributed by atoms with Crippen molar-refractivity contribution >= 4 is 40.7 Å². The Hall–Kier alpha value is -2.94. The van der Waals surface area contributed by atoms with Crippen LogP contribution < -0.4 is 10.6 Å². The van der Waals surface area contributed by atoms with Crippen molar-refractivity contribution in [2.75, 3.05) is 17.2 Å². The lowest BCUT2D eigenvalue weighted by atomic mass is 9.62. The van der Waals surface area contributed by atoms with Gasteiger partial charge >= 0.3 is 0 Å². The Morgan fingerprint density at radius 3 is 2.39 bits per heavy atom. The predicted molar refractivity (Wildman–Crippen MR) is 144 cm³/mol. The van der Waals surface area contributed by atoms with Crippen molar-refractivity contribution in [3.8, 4) is 0 Å². The van der Waals surface area contributed by atoms with Gasteiger partial charge in [0.15, 0.2) is 0 Å². The molecular formula is C29H34ClN3O5. The molecular weight excluding hydrogens is 506 g/mol. The van der Waals surface area contributed by atoms with E-state index in [9.17, 15) is 19.5 Å². The van der Waals surface area contributed by atoms with E-state index in [1.165, 1.54) is 4.90 Å². The third-order valence-electron chi connectivity index (χ3n) is 8.77. The van der Waals surface area contributed by atoms with Gasteiger partial charge in [-0.3, -0.25) is 14.4 Å². The number of likely N-dealkylation sites (tertiary alicyclic amines) is 1. The van der Waals surface area contributed by atoms with Crippen molar-refractivity contribution in [3.63, 3.8) is 0 Å². The van der Waals surface area contributed by atoms with Gasteiger partial charge in [-0.25, -0.2) is 0 Å². The van der Waals surface area contributed by atoms with Crippen molar-refractivity contribution < 1.29 is 24.2 Å². The highest BCUT2D eigenvalue weighted by Crippen LogP contribution is 2.65. The minimum Gasteiger partial charge on any atom is -0.394 e. The van der Waals surface area contributed by atoms with Crippen LogP contribution in [-0.2, 0) is 19.1 Å². The van der Waals surface area contributed by atoms with Crippen molar-refractivity contribution in [3.05, 3.63) is 59.6 Å². The number of rotatable bonds is 7. The summed E-state index contributed by atoms with van der Waals surface area (Å²) in [4.78, 5) is 43.6. The molecule has 0 aromatic heterocycles. The number of carbonyl (C=O) groups is 3. The van der Waals surface area contributed by atoms with Crippen molar-refractivity contribution in [2.45, 2.75) is 57.4 Å². The summed E-state index contributed by atoms with van der Waals surface area (Å²) in [6, 6.07) is 14.3. The first-order valence-corrected chi connectivity index (χ1v) is 13.5. The second kappa shape index (κ2) is 9.67. The lowest BCUT2D eigenvalue weighted by Gasteiger charge is -2.38. The van der Waals surface area contributed by atoms with E-state index < -0.39 is 41.0 Å². The third kappa shape index (κ3) is 3.92. The molecule has 5 rings (SSSR count). The fourth-order valence-electron chi connectivity index (χ4n) is 6.86. The number of halogens is 1. The number of ether oxygens (including phenoxy) is 1. The molecule has 3 aliphatic rings. The molecule has 2 aromatic rings. The molecule has 202 valence electrons. The first-order valence-electron chi connectivity index (χ1n) is 13.1. The molecule has 0 saturated carbocycles. The molecule has 0 aliphatic carbocycles. The van der Waals surface area contributed by atoms with Gasteiger partial charge in [0, 0.05) is 5.69 Å². The summed E-state index contributed by atoms with van der Waals surface area (Å²) < 4.78 is 6.73. The largest absolute Gasteiger partial charge is 0.394 e. The van der Waals surface area contributed by atoms with Crippen molar-refractivity contribution in [1.82, 2.24) is 4.90 Å². The quantitative estimate of drug-likeness (QED) is 0.494. The molecule has 1 spiro atoms. The molecule has 0 radical (unpaired) electrons. The molecule has 8 nitrogen and oxygen atoms in total.